The Labute approximate surface area is 128 Å². The summed E-state index contributed by atoms with van der Waals surface area (Å²) >= 11 is 3.40. The summed E-state index contributed by atoms with van der Waals surface area (Å²) < 4.78 is 2.88. The second kappa shape index (κ2) is 7.15. The Balaban J connectivity index is 1.97. The van der Waals surface area contributed by atoms with Gasteiger partial charge in [0.15, 0.2) is 5.65 Å². The van der Waals surface area contributed by atoms with Gasteiger partial charge in [0.05, 0.1) is 18.1 Å². The van der Waals surface area contributed by atoms with Crippen LogP contribution in [-0.4, -0.2) is 44.9 Å². The lowest BCUT2D eigenvalue weighted by atomic mass is 10.3. The average Bonchev–Trinajstić information content (AvgIpc) is 2.84. The fourth-order valence-electron chi connectivity index (χ4n) is 2.26. The summed E-state index contributed by atoms with van der Waals surface area (Å²) in [5.41, 5.74) is 2.02. The Bertz CT molecular complexity index is 549. The molecule has 2 heterocycles. The first-order chi connectivity index (χ1) is 9.63. The van der Waals surface area contributed by atoms with Crippen molar-refractivity contribution in [2.24, 2.45) is 0 Å². The summed E-state index contributed by atoms with van der Waals surface area (Å²) in [6.07, 6.45) is 5.63. The van der Waals surface area contributed by atoms with E-state index in [1.807, 2.05) is 12.4 Å². The number of nitrogens with zero attached hydrogens (tertiary/aromatic N) is 4. The zero-order valence-electron chi connectivity index (χ0n) is 12.3. The van der Waals surface area contributed by atoms with Crippen molar-refractivity contribution in [3.63, 3.8) is 0 Å². The molecule has 0 saturated heterocycles. The van der Waals surface area contributed by atoms with Crippen LogP contribution in [0.1, 0.15) is 26.5 Å². The second-order valence-corrected chi connectivity index (χ2v) is 5.77. The molecular weight excluding hydrogens is 318 g/mol. The van der Waals surface area contributed by atoms with Crippen LogP contribution in [0.2, 0.25) is 0 Å². The van der Waals surface area contributed by atoms with Crippen molar-refractivity contribution >= 4 is 21.6 Å². The van der Waals surface area contributed by atoms with Crippen molar-refractivity contribution in [3.05, 3.63) is 28.9 Å². The van der Waals surface area contributed by atoms with E-state index >= 15 is 0 Å². The highest BCUT2D eigenvalue weighted by atomic mass is 79.9. The molecule has 2 rings (SSSR count). The molecule has 0 radical (unpaired) electrons. The number of likely N-dealkylation sites (N-methyl/N-ethyl adjacent to an activating group) is 1. The van der Waals surface area contributed by atoms with Crippen LogP contribution in [0.4, 0.5) is 0 Å². The van der Waals surface area contributed by atoms with Crippen molar-refractivity contribution in [2.75, 3.05) is 19.6 Å². The van der Waals surface area contributed by atoms with E-state index in [0.29, 0.717) is 6.04 Å². The van der Waals surface area contributed by atoms with Crippen LogP contribution >= 0.6 is 15.9 Å². The van der Waals surface area contributed by atoms with Crippen LogP contribution < -0.4 is 5.32 Å². The fraction of sp³-hybridized carbons (Fsp3) is 0.571. The Morgan fingerprint density at radius 2 is 2.05 bits per heavy atom. The number of hydrogen-bond acceptors (Lipinski definition) is 4. The average molecular weight is 340 g/mol. The standard InChI is InChI=1S/C14H22BrN5/c1-4-19(5-2)9-11(3)16-6-12-7-18-14-8-17-13(15)10-20(12)14/h7-8,10-11,16H,4-6,9H2,1-3H3. The minimum Gasteiger partial charge on any atom is -0.307 e. The minimum absolute atomic E-state index is 0.450. The molecule has 1 atom stereocenters. The summed E-state index contributed by atoms with van der Waals surface area (Å²) in [6, 6.07) is 0.450. The maximum Gasteiger partial charge on any atom is 0.155 e. The molecule has 0 aliphatic carbocycles. The van der Waals surface area contributed by atoms with E-state index in [0.717, 1.165) is 42.1 Å². The molecule has 0 aliphatic rings. The van der Waals surface area contributed by atoms with Gasteiger partial charge in [-0.1, -0.05) is 13.8 Å². The first-order valence-corrected chi connectivity index (χ1v) is 7.86. The predicted molar refractivity (Wildman–Crippen MR) is 84.8 cm³/mol. The van der Waals surface area contributed by atoms with Gasteiger partial charge in [-0.3, -0.25) is 4.40 Å². The second-order valence-electron chi connectivity index (χ2n) is 4.96. The third kappa shape index (κ3) is 3.77. The topological polar surface area (TPSA) is 45.5 Å². The van der Waals surface area contributed by atoms with Gasteiger partial charge in [0, 0.05) is 25.3 Å². The van der Waals surface area contributed by atoms with Crippen molar-refractivity contribution in [1.29, 1.82) is 0 Å². The van der Waals surface area contributed by atoms with Crippen molar-refractivity contribution in [1.82, 2.24) is 24.6 Å². The van der Waals surface area contributed by atoms with Crippen LogP contribution in [-0.2, 0) is 6.54 Å². The van der Waals surface area contributed by atoms with Gasteiger partial charge in [-0.15, -0.1) is 0 Å². The Morgan fingerprint density at radius 1 is 1.30 bits per heavy atom. The van der Waals surface area contributed by atoms with Gasteiger partial charge in [0.1, 0.15) is 4.60 Å². The largest absolute Gasteiger partial charge is 0.307 e. The van der Waals surface area contributed by atoms with Crippen LogP contribution in [0.25, 0.3) is 5.65 Å². The normalized spacial score (nSPS) is 13.2. The van der Waals surface area contributed by atoms with E-state index in [4.69, 9.17) is 0 Å². The first kappa shape index (κ1) is 15.4. The smallest absolute Gasteiger partial charge is 0.155 e. The van der Waals surface area contributed by atoms with E-state index in [1.165, 1.54) is 0 Å². The Morgan fingerprint density at radius 3 is 2.75 bits per heavy atom. The third-order valence-electron chi connectivity index (χ3n) is 3.50. The molecule has 0 aromatic carbocycles. The maximum atomic E-state index is 4.36. The molecule has 0 fully saturated rings. The molecule has 0 spiro atoms. The van der Waals surface area contributed by atoms with Gasteiger partial charge < -0.3 is 10.2 Å². The lowest BCUT2D eigenvalue weighted by molar-refractivity contribution is 0.270. The van der Waals surface area contributed by atoms with Gasteiger partial charge in [0.2, 0.25) is 0 Å². The molecule has 1 unspecified atom stereocenters. The molecule has 0 saturated carbocycles. The number of hydrogen-bond donors (Lipinski definition) is 1. The number of nitrogens with one attached hydrogen (secondary N) is 1. The van der Waals surface area contributed by atoms with Crippen LogP contribution in [0, 0.1) is 0 Å². The van der Waals surface area contributed by atoms with Gasteiger partial charge in [-0.25, -0.2) is 9.97 Å². The summed E-state index contributed by atoms with van der Waals surface area (Å²) in [7, 11) is 0. The molecule has 2 aromatic heterocycles. The zero-order chi connectivity index (χ0) is 14.5. The highest BCUT2D eigenvalue weighted by Crippen LogP contribution is 2.10. The molecule has 5 nitrogen and oxygen atoms in total. The monoisotopic (exact) mass is 339 g/mol. The Hall–Kier alpha value is -0.980. The molecule has 0 bridgehead atoms. The maximum absolute atomic E-state index is 4.36. The summed E-state index contributed by atoms with van der Waals surface area (Å²) in [4.78, 5) is 11.0. The van der Waals surface area contributed by atoms with Crippen molar-refractivity contribution in [3.8, 4) is 0 Å². The highest BCUT2D eigenvalue weighted by molar-refractivity contribution is 9.10. The molecule has 0 aliphatic heterocycles. The van der Waals surface area contributed by atoms with E-state index < -0.39 is 0 Å². The number of halogens is 1. The molecule has 20 heavy (non-hydrogen) atoms. The quantitative estimate of drug-likeness (QED) is 0.840. The zero-order valence-corrected chi connectivity index (χ0v) is 13.9. The van der Waals surface area contributed by atoms with E-state index in [9.17, 15) is 0 Å². The number of rotatable bonds is 7. The van der Waals surface area contributed by atoms with Gasteiger partial charge in [0.25, 0.3) is 0 Å². The SMILES string of the molecule is CCN(CC)CC(C)NCc1cnc2cnc(Br)cn12. The van der Waals surface area contributed by atoms with Crippen LogP contribution in [0.5, 0.6) is 0 Å². The van der Waals surface area contributed by atoms with Crippen LogP contribution in [0.3, 0.4) is 0 Å². The first-order valence-electron chi connectivity index (χ1n) is 7.07. The summed E-state index contributed by atoms with van der Waals surface area (Å²) in [5, 5.41) is 3.56. The number of imidazole rings is 1. The molecule has 2 aromatic rings. The van der Waals surface area contributed by atoms with Gasteiger partial charge in [-0.05, 0) is 35.9 Å². The Kier molecular flexibility index (Phi) is 5.51. The highest BCUT2D eigenvalue weighted by Gasteiger charge is 2.09. The molecule has 110 valence electrons. The summed E-state index contributed by atoms with van der Waals surface area (Å²) in [6.45, 7) is 10.7. The third-order valence-corrected chi connectivity index (χ3v) is 3.91. The number of fused-ring (bicyclic) bond motifs is 1. The van der Waals surface area contributed by atoms with E-state index in [-0.39, 0.29) is 0 Å². The molecule has 1 N–H and O–H groups in total. The lowest BCUT2D eigenvalue weighted by Crippen LogP contribution is -2.38. The molecule has 6 heteroatoms. The predicted octanol–water partition coefficient (Wildman–Crippen LogP) is 2.31. The minimum atomic E-state index is 0.450. The number of aromatic nitrogens is 3. The van der Waals surface area contributed by atoms with Crippen molar-refractivity contribution < 1.29 is 0 Å². The van der Waals surface area contributed by atoms with Crippen LogP contribution in [0.15, 0.2) is 23.2 Å². The fourth-order valence-corrected chi connectivity index (χ4v) is 2.57. The molecule has 0 amide bonds. The lowest BCUT2D eigenvalue weighted by Gasteiger charge is -2.23. The molecular formula is C14H22BrN5. The van der Waals surface area contributed by atoms with Gasteiger partial charge in [-0.2, -0.15) is 0 Å². The van der Waals surface area contributed by atoms with Gasteiger partial charge >= 0.3 is 0 Å². The summed E-state index contributed by atoms with van der Waals surface area (Å²) in [5.74, 6) is 0. The van der Waals surface area contributed by atoms with E-state index in [2.05, 4.69) is 61.3 Å². The van der Waals surface area contributed by atoms with E-state index in [1.54, 1.807) is 6.20 Å². The van der Waals surface area contributed by atoms with Crippen molar-refractivity contribution in [2.45, 2.75) is 33.4 Å².